The van der Waals surface area contributed by atoms with Crippen LogP contribution < -0.4 is 20.3 Å². The largest absolute Gasteiger partial charge is 0.494 e. The number of anilines is 2. The zero-order valence-electron chi connectivity index (χ0n) is 19.1. The molecule has 2 aliphatic rings. The molecule has 2 aromatic rings. The normalized spacial score (nSPS) is 18.4. The number of furan rings is 1. The minimum absolute atomic E-state index is 0.168. The van der Waals surface area contributed by atoms with Gasteiger partial charge < -0.3 is 24.7 Å². The van der Waals surface area contributed by atoms with Crippen molar-refractivity contribution in [2.75, 3.05) is 49.8 Å². The summed E-state index contributed by atoms with van der Waals surface area (Å²) in [6, 6.07) is 5.37. The fourth-order valence-corrected chi connectivity index (χ4v) is 5.03. The van der Waals surface area contributed by atoms with Gasteiger partial charge in [-0.05, 0) is 26.0 Å². The van der Waals surface area contributed by atoms with E-state index >= 15 is 0 Å². The van der Waals surface area contributed by atoms with Gasteiger partial charge in [0.05, 0.1) is 30.2 Å². The summed E-state index contributed by atoms with van der Waals surface area (Å²) in [7, 11) is -1.70. The van der Waals surface area contributed by atoms with E-state index in [1.165, 1.54) is 23.9 Å². The van der Waals surface area contributed by atoms with Gasteiger partial charge in [-0.15, -0.1) is 0 Å². The number of ether oxygens (including phenoxy) is 1. The van der Waals surface area contributed by atoms with E-state index in [0.717, 1.165) is 5.69 Å². The molecule has 2 amide bonds. The average molecular weight is 477 g/mol. The van der Waals surface area contributed by atoms with Gasteiger partial charge in [0.25, 0.3) is 11.8 Å². The Morgan fingerprint density at radius 2 is 1.91 bits per heavy atom. The Bertz CT molecular complexity index is 1200. The fourth-order valence-electron chi connectivity index (χ4n) is 4.21. The summed E-state index contributed by atoms with van der Waals surface area (Å²) in [6.45, 7) is 5.70. The van der Waals surface area contributed by atoms with Gasteiger partial charge in [-0.25, -0.2) is 8.42 Å². The lowest BCUT2D eigenvalue weighted by Crippen LogP contribution is -2.49. The van der Waals surface area contributed by atoms with Crippen molar-refractivity contribution in [2.45, 2.75) is 25.8 Å². The van der Waals surface area contributed by atoms with Gasteiger partial charge >= 0.3 is 0 Å². The molecule has 3 heterocycles. The highest BCUT2D eigenvalue weighted by Gasteiger charge is 2.36. The first-order valence-corrected chi connectivity index (χ1v) is 12.5. The summed E-state index contributed by atoms with van der Waals surface area (Å²) in [5.74, 6) is 0.136. The van der Waals surface area contributed by atoms with Crippen molar-refractivity contribution < 1.29 is 27.2 Å². The van der Waals surface area contributed by atoms with Crippen LogP contribution in [0.4, 0.5) is 11.4 Å². The molecular weight excluding hydrogens is 448 g/mol. The minimum atomic E-state index is -3.20. The van der Waals surface area contributed by atoms with Crippen LogP contribution in [0.3, 0.4) is 0 Å². The quantitative estimate of drug-likeness (QED) is 0.674. The Labute approximate surface area is 192 Å². The van der Waals surface area contributed by atoms with Crippen LogP contribution in [0.15, 0.2) is 28.9 Å². The Balaban J connectivity index is 1.51. The van der Waals surface area contributed by atoms with E-state index in [0.29, 0.717) is 49.8 Å². The molecule has 1 fully saturated rings. The molecule has 11 heteroatoms. The molecule has 0 atom stereocenters. The fraction of sp³-hybridized carbons (Fsp3) is 0.455. The Kier molecular flexibility index (Phi) is 5.87. The lowest BCUT2D eigenvalue weighted by atomic mass is 9.91. The van der Waals surface area contributed by atoms with E-state index in [1.807, 2.05) is 19.9 Å². The highest BCUT2D eigenvalue weighted by atomic mass is 32.2. The van der Waals surface area contributed by atoms with Crippen molar-refractivity contribution in [3.63, 3.8) is 0 Å². The Hall–Kier alpha value is -3.05. The van der Waals surface area contributed by atoms with Crippen LogP contribution in [0.25, 0.3) is 0 Å². The molecule has 1 aromatic carbocycles. The summed E-state index contributed by atoms with van der Waals surface area (Å²) in [5.41, 5.74) is 1.29. The predicted octanol–water partition coefficient (Wildman–Crippen LogP) is 1.69. The van der Waals surface area contributed by atoms with Crippen LogP contribution in [-0.4, -0.2) is 69.6 Å². The average Bonchev–Trinajstić information content (AvgIpc) is 3.16. The van der Waals surface area contributed by atoms with E-state index in [-0.39, 0.29) is 17.0 Å². The molecule has 0 spiro atoms. The number of sulfonamides is 1. The molecule has 178 valence electrons. The van der Waals surface area contributed by atoms with E-state index in [9.17, 15) is 18.0 Å². The monoisotopic (exact) mass is 476 g/mol. The summed E-state index contributed by atoms with van der Waals surface area (Å²) in [4.78, 5) is 27.6. The first kappa shape index (κ1) is 23.1. The molecule has 10 nitrogen and oxygen atoms in total. The molecule has 1 aromatic heterocycles. The minimum Gasteiger partial charge on any atom is -0.494 e. The summed E-state index contributed by atoms with van der Waals surface area (Å²) >= 11 is 0. The molecule has 1 saturated heterocycles. The highest BCUT2D eigenvalue weighted by molar-refractivity contribution is 7.88. The molecule has 33 heavy (non-hydrogen) atoms. The second kappa shape index (κ2) is 8.38. The van der Waals surface area contributed by atoms with Gasteiger partial charge in [0, 0.05) is 49.9 Å². The maximum atomic E-state index is 13.0. The topological polar surface area (TPSA) is 121 Å². The molecule has 0 unspecified atom stereocenters. The zero-order chi connectivity index (χ0) is 24.0. The number of nitrogens with zero attached hydrogens (tertiary/aromatic N) is 2. The number of hydrogen-bond acceptors (Lipinski definition) is 7. The maximum Gasteiger partial charge on any atom is 0.259 e. The second-order valence-electron chi connectivity index (χ2n) is 8.95. The van der Waals surface area contributed by atoms with E-state index < -0.39 is 21.5 Å². The third-order valence-corrected chi connectivity index (χ3v) is 7.20. The van der Waals surface area contributed by atoms with Gasteiger partial charge in [0.15, 0.2) is 0 Å². The lowest BCUT2D eigenvalue weighted by Gasteiger charge is -2.35. The molecule has 2 aliphatic heterocycles. The number of nitrogens with one attached hydrogen (secondary N) is 2. The van der Waals surface area contributed by atoms with Gasteiger partial charge in [-0.1, -0.05) is 0 Å². The number of fused-ring (bicyclic) bond motifs is 1. The number of benzene rings is 1. The molecule has 0 saturated carbocycles. The van der Waals surface area contributed by atoms with Crippen LogP contribution >= 0.6 is 0 Å². The van der Waals surface area contributed by atoms with Crippen molar-refractivity contribution in [1.29, 1.82) is 0 Å². The van der Waals surface area contributed by atoms with Crippen molar-refractivity contribution in [1.82, 2.24) is 9.62 Å². The van der Waals surface area contributed by atoms with Crippen molar-refractivity contribution in [2.24, 2.45) is 0 Å². The number of hydrogen-bond donors (Lipinski definition) is 2. The summed E-state index contributed by atoms with van der Waals surface area (Å²) < 4.78 is 35.9. The predicted molar refractivity (Wildman–Crippen MR) is 124 cm³/mol. The van der Waals surface area contributed by atoms with Gasteiger partial charge in [-0.2, -0.15) is 4.31 Å². The Morgan fingerprint density at radius 3 is 2.55 bits per heavy atom. The molecule has 0 radical (unpaired) electrons. The highest BCUT2D eigenvalue weighted by Crippen LogP contribution is 2.32. The lowest BCUT2D eigenvalue weighted by molar-refractivity contribution is 0.0882. The molecule has 0 aliphatic carbocycles. The SMILES string of the molecule is COc1cc(N2CCN(S(C)(=O)=O)CC2)ccc1NC(=O)c1coc2c1C(=O)NC(C)(C)C2. The molecular formula is C22H28N4O6S. The van der Waals surface area contributed by atoms with Crippen LogP contribution in [0.2, 0.25) is 0 Å². The first-order valence-electron chi connectivity index (χ1n) is 10.6. The summed E-state index contributed by atoms with van der Waals surface area (Å²) in [6.07, 6.45) is 3.01. The molecule has 2 N–H and O–H groups in total. The van der Waals surface area contributed by atoms with Crippen LogP contribution in [0, 0.1) is 0 Å². The van der Waals surface area contributed by atoms with Gasteiger partial charge in [0.2, 0.25) is 10.0 Å². The smallest absolute Gasteiger partial charge is 0.259 e. The number of methoxy groups -OCH3 is 1. The number of amides is 2. The van der Waals surface area contributed by atoms with Crippen molar-refractivity contribution in [3.05, 3.63) is 41.3 Å². The van der Waals surface area contributed by atoms with Gasteiger partial charge in [-0.3, -0.25) is 9.59 Å². The van der Waals surface area contributed by atoms with E-state index in [2.05, 4.69) is 15.5 Å². The number of piperazine rings is 1. The zero-order valence-corrected chi connectivity index (χ0v) is 19.9. The Morgan fingerprint density at radius 1 is 1.21 bits per heavy atom. The first-order chi connectivity index (χ1) is 15.5. The van der Waals surface area contributed by atoms with Crippen molar-refractivity contribution in [3.8, 4) is 5.75 Å². The van der Waals surface area contributed by atoms with E-state index in [4.69, 9.17) is 9.15 Å². The maximum absolute atomic E-state index is 13.0. The molecule has 4 rings (SSSR count). The standard InChI is InChI=1S/C22H28N4O6S/c1-22(2)12-18-19(21(28)24-22)15(13-32-18)20(27)23-16-6-5-14(11-17(16)31-3)25-7-9-26(10-8-25)33(4,29)30/h5-6,11,13H,7-10,12H2,1-4H3,(H,23,27)(H,24,28). The molecule has 0 bridgehead atoms. The van der Waals surface area contributed by atoms with Crippen LogP contribution in [0.5, 0.6) is 5.75 Å². The number of carbonyl (C=O) groups is 2. The van der Waals surface area contributed by atoms with Crippen LogP contribution in [0.1, 0.15) is 40.3 Å². The third kappa shape index (κ3) is 4.69. The van der Waals surface area contributed by atoms with E-state index in [1.54, 1.807) is 12.1 Å². The number of carbonyl (C=O) groups excluding carboxylic acids is 2. The summed E-state index contributed by atoms with van der Waals surface area (Å²) in [5, 5.41) is 5.69. The van der Waals surface area contributed by atoms with Crippen LogP contribution in [-0.2, 0) is 16.4 Å². The van der Waals surface area contributed by atoms with Crippen molar-refractivity contribution >= 4 is 33.2 Å². The number of rotatable bonds is 5. The second-order valence-corrected chi connectivity index (χ2v) is 10.9. The third-order valence-electron chi connectivity index (χ3n) is 5.90. The van der Waals surface area contributed by atoms with Gasteiger partial charge in [0.1, 0.15) is 17.8 Å².